The minimum Gasteiger partial charge on any atom is -0.489 e. The summed E-state index contributed by atoms with van der Waals surface area (Å²) in [5, 5.41) is 9.12. The summed E-state index contributed by atoms with van der Waals surface area (Å²) in [6.07, 6.45) is 1.48. The van der Waals surface area contributed by atoms with Crippen LogP contribution in [-0.2, 0) is 13.2 Å². The highest BCUT2D eigenvalue weighted by atomic mass is 16.5. The number of hydrogen-bond donors (Lipinski definition) is 0. The van der Waals surface area contributed by atoms with E-state index in [2.05, 4.69) is 11.1 Å². The third-order valence-electron chi connectivity index (χ3n) is 4.56. The van der Waals surface area contributed by atoms with Crippen LogP contribution in [0.15, 0.2) is 71.7 Å². The Labute approximate surface area is 161 Å². The average Bonchev–Trinajstić information content (AvgIpc) is 3.03. The molecule has 2 aromatic carbocycles. The van der Waals surface area contributed by atoms with E-state index < -0.39 is 0 Å². The second-order valence-electron chi connectivity index (χ2n) is 6.31. The molecule has 6 nitrogen and oxygen atoms in total. The van der Waals surface area contributed by atoms with E-state index in [9.17, 15) is 4.79 Å². The van der Waals surface area contributed by atoms with Crippen LogP contribution in [0.25, 0.3) is 16.9 Å². The number of nitrogens with zero attached hydrogens (tertiary/aromatic N) is 4. The van der Waals surface area contributed by atoms with Crippen LogP contribution in [0.2, 0.25) is 0 Å². The van der Waals surface area contributed by atoms with E-state index in [1.165, 1.54) is 6.20 Å². The highest BCUT2D eigenvalue weighted by molar-refractivity contribution is 5.75. The summed E-state index contributed by atoms with van der Waals surface area (Å²) < 4.78 is 8.98. The van der Waals surface area contributed by atoms with Crippen LogP contribution in [0.5, 0.6) is 5.75 Å². The fourth-order valence-electron chi connectivity index (χ4n) is 3.16. The predicted octanol–water partition coefficient (Wildman–Crippen LogP) is 3.66. The Kier molecular flexibility index (Phi) is 4.65. The van der Waals surface area contributed by atoms with E-state index >= 15 is 0 Å². The Morgan fingerprint density at radius 3 is 2.54 bits per heavy atom. The van der Waals surface area contributed by atoms with Crippen LogP contribution in [-0.4, -0.2) is 14.1 Å². The predicted molar refractivity (Wildman–Crippen MR) is 106 cm³/mol. The van der Waals surface area contributed by atoms with Crippen molar-refractivity contribution in [3.63, 3.8) is 0 Å². The normalized spacial score (nSPS) is 10.7. The number of imidazole rings is 1. The lowest BCUT2D eigenvalue weighted by atomic mass is 10.2. The molecule has 0 bridgehead atoms. The van der Waals surface area contributed by atoms with E-state index in [4.69, 9.17) is 10.00 Å². The molecule has 0 aliphatic carbocycles. The lowest BCUT2D eigenvalue weighted by Gasteiger charge is -2.08. The largest absolute Gasteiger partial charge is 0.489 e. The number of fused-ring (bicyclic) bond motifs is 1. The molecule has 0 aliphatic heterocycles. The molecule has 28 heavy (non-hydrogen) atoms. The van der Waals surface area contributed by atoms with Crippen molar-refractivity contribution in [1.29, 1.82) is 5.26 Å². The Hall–Kier alpha value is -3.85. The molecule has 0 unspecified atom stereocenters. The van der Waals surface area contributed by atoms with Gasteiger partial charge in [-0.2, -0.15) is 5.26 Å². The van der Waals surface area contributed by atoms with Gasteiger partial charge in [0.1, 0.15) is 18.4 Å². The van der Waals surface area contributed by atoms with Gasteiger partial charge in [-0.1, -0.05) is 30.3 Å². The van der Waals surface area contributed by atoms with E-state index in [1.54, 1.807) is 15.2 Å². The molecule has 2 heterocycles. The van der Waals surface area contributed by atoms with Crippen molar-refractivity contribution in [1.82, 2.24) is 14.1 Å². The first-order valence-electron chi connectivity index (χ1n) is 9.00. The molecule has 2 aromatic heterocycles. The zero-order valence-corrected chi connectivity index (χ0v) is 15.4. The van der Waals surface area contributed by atoms with Crippen molar-refractivity contribution in [2.45, 2.75) is 20.1 Å². The third-order valence-corrected chi connectivity index (χ3v) is 4.56. The van der Waals surface area contributed by atoms with Crippen LogP contribution >= 0.6 is 0 Å². The number of aromatic nitrogens is 3. The summed E-state index contributed by atoms with van der Waals surface area (Å²) in [7, 11) is 0. The molecule has 4 aromatic rings. The van der Waals surface area contributed by atoms with Crippen LogP contribution in [0.4, 0.5) is 0 Å². The molecule has 0 fully saturated rings. The Morgan fingerprint density at radius 1 is 1.11 bits per heavy atom. The van der Waals surface area contributed by atoms with Gasteiger partial charge in [0.25, 0.3) is 0 Å². The first kappa shape index (κ1) is 17.6. The van der Waals surface area contributed by atoms with E-state index in [0.717, 1.165) is 11.3 Å². The van der Waals surface area contributed by atoms with E-state index in [0.29, 0.717) is 35.6 Å². The quantitative estimate of drug-likeness (QED) is 0.537. The summed E-state index contributed by atoms with van der Waals surface area (Å²) in [4.78, 5) is 17.2. The number of benzene rings is 2. The second-order valence-corrected chi connectivity index (χ2v) is 6.31. The van der Waals surface area contributed by atoms with Gasteiger partial charge in [-0.25, -0.2) is 14.3 Å². The van der Waals surface area contributed by atoms with Crippen molar-refractivity contribution in [2.75, 3.05) is 0 Å². The molecule has 0 spiro atoms. The van der Waals surface area contributed by atoms with Crippen molar-refractivity contribution in [2.24, 2.45) is 0 Å². The molecule has 0 amide bonds. The zero-order chi connectivity index (χ0) is 19.5. The summed E-state index contributed by atoms with van der Waals surface area (Å²) in [6, 6.07) is 21.0. The van der Waals surface area contributed by atoms with Gasteiger partial charge in [-0.3, -0.25) is 4.57 Å². The SMILES string of the molecule is CCn1c(=O)n(-c2ccc(OCc3ccccc3)cc2)c2ncc(C#N)cc21. The average molecular weight is 370 g/mol. The van der Waals surface area contributed by atoms with Crippen molar-refractivity contribution >= 4 is 11.2 Å². The van der Waals surface area contributed by atoms with Gasteiger partial charge in [-0.05, 0) is 42.8 Å². The summed E-state index contributed by atoms with van der Waals surface area (Å²) >= 11 is 0. The van der Waals surface area contributed by atoms with E-state index in [-0.39, 0.29) is 5.69 Å². The molecule has 0 radical (unpaired) electrons. The van der Waals surface area contributed by atoms with Gasteiger partial charge in [-0.15, -0.1) is 0 Å². The van der Waals surface area contributed by atoms with Crippen molar-refractivity contribution in [3.8, 4) is 17.5 Å². The minimum atomic E-state index is -0.182. The maximum atomic E-state index is 12.9. The van der Waals surface area contributed by atoms with Gasteiger partial charge in [0, 0.05) is 12.7 Å². The molecule has 0 saturated carbocycles. The van der Waals surface area contributed by atoms with Gasteiger partial charge in [0.05, 0.1) is 16.8 Å². The number of aryl methyl sites for hydroxylation is 1. The molecule has 4 rings (SSSR count). The van der Waals surface area contributed by atoms with Crippen molar-refractivity contribution in [3.05, 3.63) is 88.5 Å². The van der Waals surface area contributed by atoms with Gasteiger partial charge >= 0.3 is 5.69 Å². The van der Waals surface area contributed by atoms with E-state index in [1.807, 2.05) is 61.5 Å². The van der Waals surface area contributed by atoms with Crippen LogP contribution < -0.4 is 10.4 Å². The number of nitriles is 1. The maximum absolute atomic E-state index is 12.9. The van der Waals surface area contributed by atoms with Crippen LogP contribution in [0.3, 0.4) is 0 Å². The zero-order valence-electron chi connectivity index (χ0n) is 15.4. The first-order chi connectivity index (χ1) is 13.7. The monoisotopic (exact) mass is 370 g/mol. The topological polar surface area (TPSA) is 72.8 Å². The Balaban J connectivity index is 1.68. The highest BCUT2D eigenvalue weighted by Crippen LogP contribution is 2.20. The fraction of sp³-hybridized carbons (Fsp3) is 0.136. The van der Waals surface area contributed by atoms with Crippen LogP contribution in [0, 0.1) is 11.3 Å². The summed E-state index contributed by atoms with van der Waals surface area (Å²) in [5.41, 5.74) is 3.21. The van der Waals surface area contributed by atoms with Gasteiger partial charge < -0.3 is 4.74 Å². The molecule has 138 valence electrons. The number of rotatable bonds is 5. The molecular formula is C22H18N4O2. The number of ether oxygens (including phenoxy) is 1. The van der Waals surface area contributed by atoms with Crippen molar-refractivity contribution < 1.29 is 4.74 Å². The first-order valence-corrected chi connectivity index (χ1v) is 9.00. The highest BCUT2D eigenvalue weighted by Gasteiger charge is 2.15. The molecule has 6 heteroatoms. The second kappa shape index (κ2) is 7.41. The minimum absolute atomic E-state index is 0.182. The molecular weight excluding hydrogens is 352 g/mol. The molecule has 0 N–H and O–H groups in total. The lowest BCUT2D eigenvalue weighted by Crippen LogP contribution is -2.22. The summed E-state index contributed by atoms with van der Waals surface area (Å²) in [6.45, 7) is 2.87. The Morgan fingerprint density at radius 2 is 1.86 bits per heavy atom. The van der Waals surface area contributed by atoms with Crippen LogP contribution in [0.1, 0.15) is 18.1 Å². The number of pyridine rings is 1. The lowest BCUT2D eigenvalue weighted by molar-refractivity contribution is 0.306. The van der Waals surface area contributed by atoms with Gasteiger partial charge in [0.2, 0.25) is 0 Å². The standard InChI is InChI=1S/C22H18N4O2/c1-2-25-20-12-17(13-23)14-24-21(20)26(22(25)27)18-8-10-19(11-9-18)28-15-16-6-4-3-5-7-16/h3-12,14H,2,15H2,1H3. The summed E-state index contributed by atoms with van der Waals surface area (Å²) in [5.74, 6) is 0.722. The molecule has 0 atom stereocenters. The Bertz CT molecular complexity index is 1220. The third kappa shape index (κ3) is 3.14. The smallest absolute Gasteiger partial charge is 0.334 e. The number of hydrogen-bond acceptors (Lipinski definition) is 4. The molecule has 0 aliphatic rings. The molecule has 0 saturated heterocycles. The fourth-order valence-corrected chi connectivity index (χ4v) is 3.16. The van der Waals surface area contributed by atoms with Gasteiger partial charge in [0.15, 0.2) is 5.65 Å². The maximum Gasteiger partial charge on any atom is 0.334 e.